The first-order chi connectivity index (χ1) is 11.6. The van der Waals surface area contributed by atoms with Crippen LogP contribution in [-0.4, -0.2) is 31.3 Å². The van der Waals surface area contributed by atoms with Crippen molar-refractivity contribution in [3.8, 4) is 5.69 Å². The largest absolute Gasteiger partial charge is 0.343 e. The number of rotatable bonds is 3. The molecule has 4 rings (SSSR count). The maximum Gasteiger partial charge on any atom is 0.224 e. The number of halogens is 1. The van der Waals surface area contributed by atoms with E-state index in [1.165, 1.54) is 12.8 Å². The number of imidazole rings is 1. The summed E-state index contributed by atoms with van der Waals surface area (Å²) in [5.41, 5.74) is 2.35. The van der Waals surface area contributed by atoms with Gasteiger partial charge in [0.2, 0.25) is 5.28 Å². The summed E-state index contributed by atoms with van der Waals surface area (Å²) >= 11 is 6.09. The first-order valence-corrected chi connectivity index (χ1v) is 8.89. The Kier molecular flexibility index (Phi) is 3.79. The third-order valence-electron chi connectivity index (χ3n) is 5.12. The predicted molar refractivity (Wildman–Crippen MR) is 91.9 cm³/mol. The lowest BCUT2D eigenvalue weighted by atomic mass is 9.99. The van der Waals surface area contributed by atoms with E-state index in [1.807, 2.05) is 4.57 Å². The van der Waals surface area contributed by atoms with Gasteiger partial charge in [0.05, 0.1) is 17.9 Å². The molecule has 1 atom stereocenters. The minimum Gasteiger partial charge on any atom is -0.343 e. The van der Waals surface area contributed by atoms with Crippen LogP contribution in [0.4, 0.5) is 5.82 Å². The molecule has 0 aromatic carbocycles. The first-order valence-electron chi connectivity index (χ1n) is 8.51. The van der Waals surface area contributed by atoms with Gasteiger partial charge in [-0.1, -0.05) is 19.8 Å². The number of carbonyl (C=O) groups excluding carboxylic acids is 1. The third-order valence-corrected chi connectivity index (χ3v) is 5.30. The fourth-order valence-corrected chi connectivity index (χ4v) is 4.25. The number of anilines is 1. The summed E-state index contributed by atoms with van der Waals surface area (Å²) in [4.78, 5) is 27.5. The average Bonchev–Trinajstić information content (AvgIpc) is 3.22. The van der Waals surface area contributed by atoms with Crippen LogP contribution in [0.15, 0.2) is 12.5 Å². The highest BCUT2D eigenvalue weighted by Gasteiger charge is 2.39. The molecular formula is C17H20ClN5O. The zero-order valence-electron chi connectivity index (χ0n) is 13.9. The minimum atomic E-state index is -0.00750. The van der Waals surface area contributed by atoms with Crippen molar-refractivity contribution < 1.29 is 4.79 Å². The lowest BCUT2D eigenvalue weighted by molar-refractivity contribution is 0.101. The van der Waals surface area contributed by atoms with Crippen LogP contribution in [0.2, 0.25) is 5.28 Å². The molecule has 0 bridgehead atoms. The van der Waals surface area contributed by atoms with Crippen LogP contribution in [0, 0.1) is 0 Å². The highest BCUT2D eigenvalue weighted by Crippen LogP contribution is 2.44. The van der Waals surface area contributed by atoms with E-state index in [9.17, 15) is 4.79 Å². The van der Waals surface area contributed by atoms with Gasteiger partial charge in [0.25, 0.3) is 0 Å². The number of fused-ring (bicyclic) bond motifs is 3. The minimum absolute atomic E-state index is 0.00750. The molecule has 2 aromatic rings. The molecule has 1 saturated carbocycles. The van der Waals surface area contributed by atoms with E-state index in [-0.39, 0.29) is 17.1 Å². The number of Topliss-reactive ketones (excluding diaryl/α,β-unsaturated/α-hetero) is 1. The van der Waals surface area contributed by atoms with E-state index in [0.29, 0.717) is 11.7 Å². The average molecular weight is 346 g/mol. The normalized spacial score (nSPS) is 20.1. The topological polar surface area (TPSA) is 63.9 Å². The van der Waals surface area contributed by atoms with E-state index < -0.39 is 0 Å². The molecule has 1 aliphatic heterocycles. The molecule has 3 heterocycles. The van der Waals surface area contributed by atoms with Gasteiger partial charge in [0, 0.05) is 13.0 Å². The van der Waals surface area contributed by atoms with Crippen molar-refractivity contribution in [2.75, 3.05) is 4.90 Å². The van der Waals surface area contributed by atoms with Crippen molar-refractivity contribution in [3.05, 3.63) is 29.2 Å². The molecule has 2 aromatic heterocycles. The molecular weight excluding hydrogens is 326 g/mol. The first kappa shape index (κ1) is 15.6. The molecule has 0 amide bonds. The SMILES string of the molecule is CC[C@@H]1c2c(C(C)=O)ncn2-c2cnc(Cl)nc2N1C1CCCC1. The van der Waals surface area contributed by atoms with Gasteiger partial charge in [0.1, 0.15) is 17.7 Å². The molecule has 6 nitrogen and oxygen atoms in total. The molecule has 0 N–H and O–H groups in total. The van der Waals surface area contributed by atoms with E-state index in [2.05, 4.69) is 26.8 Å². The fourth-order valence-electron chi connectivity index (χ4n) is 4.12. The van der Waals surface area contributed by atoms with Gasteiger partial charge in [-0.15, -0.1) is 0 Å². The van der Waals surface area contributed by atoms with Crippen molar-refractivity contribution in [1.29, 1.82) is 0 Å². The van der Waals surface area contributed by atoms with Gasteiger partial charge < -0.3 is 4.90 Å². The Labute approximate surface area is 145 Å². The Morgan fingerprint density at radius 3 is 2.75 bits per heavy atom. The van der Waals surface area contributed by atoms with E-state index >= 15 is 0 Å². The van der Waals surface area contributed by atoms with Crippen LogP contribution in [0.5, 0.6) is 0 Å². The molecule has 1 aliphatic carbocycles. The van der Waals surface area contributed by atoms with E-state index in [1.54, 1.807) is 19.4 Å². The predicted octanol–water partition coefficient (Wildman–Crippen LogP) is 3.73. The standard InChI is InChI=1S/C17H20ClN5O/c1-3-12-15-14(10(2)24)20-9-22(15)13-8-19-17(18)21-16(13)23(12)11-6-4-5-7-11/h8-9,11-12H,3-7H2,1-2H3/t12-/m1/s1. The zero-order valence-corrected chi connectivity index (χ0v) is 14.6. The van der Waals surface area contributed by atoms with Gasteiger partial charge in [-0.05, 0) is 30.9 Å². The number of ketones is 1. The lowest BCUT2D eigenvalue weighted by Gasteiger charge is -2.42. The Morgan fingerprint density at radius 2 is 2.08 bits per heavy atom. The maximum atomic E-state index is 12.1. The number of carbonyl (C=O) groups is 1. The van der Waals surface area contributed by atoms with Crippen LogP contribution in [0.3, 0.4) is 0 Å². The third kappa shape index (κ3) is 2.24. The maximum absolute atomic E-state index is 12.1. The summed E-state index contributed by atoms with van der Waals surface area (Å²) in [7, 11) is 0. The van der Waals surface area contributed by atoms with Crippen LogP contribution in [-0.2, 0) is 0 Å². The summed E-state index contributed by atoms with van der Waals surface area (Å²) in [6, 6.07) is 0.496. The summed E-state index contributed by atoms with van der Waals surface area (Å²) in [6.07, 6.45) is 9.05. The highest BCUT2D eigenvalue weighted by atomic mass is 35.5. The fraction of sp³-hybridized carbons (Fsp3) is 0.529. The molecule has 0 spiro atoms. The Bertz CT molecular complexity index is 796. The Balaban J connectivity index is 1.96. The van der Waals surface area contributed by atoms with Crippen molar-refractivity contribution in [3.63, 3.8) is 0 Å². The number of hydrogen-bond donors (Lipinski definition) is 0. The van der Waals surface area contributed by atoms with Crippen molar-refractivity contribution in [2.24, 2.45) is 0 Å². The molecule has 0 unspecified atom stereocenters. The van der Waals surface area contributed by atoms with Crippen molar-refractivity contribution in [2.45, 2.75) is 58.0 Å². The molecule has 1 fully saturated rings. The second kappa shape index (κ2) is 5.84. The molecule has 126 valence electrons. The van der Waals surface area contributed by atoms with Crippen LogP contribution in [0.25, 0.3) is 5.69 Å². The van der Waals surface area contributed by atoms with Gasteiger partial charge in [-0.25, -0.2) is 9.97 Å². The quantitative estimate of drug-likeness (QED) is 0.626. The van der Waals surface area contributed by atoms with Gasteiger partial charge >= 0.3 is 0 Å². The van der Waals surface area contributed by atoms with Crippen molar-refractivity contribution >= 4 is 23.2 Å². The molecule has 7 heteroatoms. The molecule has 0 radical (unpaired) electrons. The summed E-state index contributed by atoms with van der Waals surface area (Å²) < 4.78 is 1.96. The van der Waals surface area contributed by atoms with E-state index in [0.717, 1.165) is 36.5 Å². The second-order valence-corrected chi connectivity index (χ2v) is 6.86. The van der Waals surface area contributed by atoms with Crippen LogP contribution >= 0.6 is 11.6 Å². The Morgan fingerprint density at radius 1 is 1.33 bits per heavy atom. The van der Waals surface area contributed by atoms with Crippen molar-refractivity contribution in [1.82, 2.24) is 19.5 Å². The number of hydrogen-bond acceptors (Lipinski definition) is 5. The molecule has 2 aliphatic rings. The lowest BCUT2D eigenvalue weighted by Crippen LogP contribution is -2.42. The number of aromatic nitrogens is 4. The van der Waals surface area contributed by atoms with Crippen LogP contribution < -0.4 is 4.90 Å². The Hall–Kier alpha value is -1.95. The monoisotopic (exact) mass is 345 g/mol. The highest BCUT2D eigenvalue weighted by molar-refractivity contribution is 6.28. The smallest absolute Gasteiger partial charge is 0.224 e. The second-order valence-electron chi connectivity index (χ2n) is 6.52. The molecule has 0 saturated heterocycles. The van der Waals surface area contributed by atoms with Gasteiger partial charge in [-0.3, -0.25) is 9.36 Å². The summed E-state index contributed by atoms with van der Waals surface area (Å²) in [5, 5.41) is 0.252. The zero-order chi connectivity index (χ0) is 16.8. The number of nitrogens with zero attached hydrogens (tertiary/aromatic N) is 5. The molecule has 24 heavy (non-hydrogen) atoms. The van der Waals surface area contributed by atoms with Gasteiger partial charge in [-0.2, -0.15) is 4.98 Å². The van der Waals surface area contributed by atoms with Crippen LogP contribution in [0.1, 0.15) is 68.2 Å². The summed E-state index contributed by atoms with van der Waals surface area (Å²) in [6.45, 7) is 3.71. The van der Waals surface area contributed by atoms with E-state index in [4.69, 9.17) is 11.6 Å². The summed E-state index contributed by atoms with van der Waals surface area (Å²) in [5.74, 6) is 0.848. The van der Waals surface area contributed by atoms with Gasteiger partial charge in [0.15, 0.2) is 11.6 Å².